The van der Waals surface area contributed by atoms with Gasteiger partial charge >= 0.3 is 28.9 Å². The number of hydrogen-bond donors (Lipinski definition) is 4. The highest BCUT2D eigenvalue weighted by atomic mass is 79.9. The van der Waals surface area contributed by atoms with E-state index < -0.39 is 28.6 Å². The average molecular weight is 1690 g/mol. The lowest BCUT2D eigenvalue weighted by molar-refractivity contribution is 0.0680. The van der Waals surface area contributed by atoms with Crippen molar-refractivity contribution in [1.29, 1.82) is 0 Å². The molecule has 2 saturated carbocycles. The van der Waals surface area contributed by atoms with Crippen molar-refractivity contribution in [1.82, 2.24) is 97.0 Å². The van der Waals surface area contributed by atoms with E-state index in [0.717, 1.165) is 93.8 Å². The van der Waals surface area contributed by atoms with Crippen molar-refractivity contribution in [3.8, 4) is 34.4 Å². The maximum Gasteiger partial charge on any atom is 0.438 e. The number of aryl methyl sites for hydroxylation is 6. The smallest absolute Gasteiger partial charge is 0.438 e. The fourth-order valence-electron chi connectivity index (χ4n) is 16.7. The van der Waals surface area contributed by atoms with E-state index in [9.17, 15) is 42.7 Å². The third-order valence-electron chi connectivity index (χ3n) is 22.5. The Morgan fingerprint density at radius 3 is 1.42 bits per heavy atom. The van der Waals surface area contributed by atoms with Crippen molar-refractivity contribution in [2.24, 2.45) is 25.9 Å². The zero-order valence-corrected chi connectivity index (χ0v) is 66.4. The Kier molecular flexibility index (Phi) is 18.1. The number of nitrogens with zero attached hydrogens (tertiary/aromatic N) is 17. The molecule has 29 nitrogen and oxygen atoms in total. The highest BCUT2D eigenvalue weighted by Gasteiger charge is 2.60. The van der Waals surface area contributed by atoms with Crippen LogP contribution in [0.1, 0.15) is 104 Å². The summed E-state index contributed by atoms with van der Waals surface area (Å²) in [6.07, 6.45) is 13.0. The molecular weight excluding hydrogens is 1620 g/mol. The molecule has 2 aliphatic carbocycles. The number of nitrogens with one attached hydrogen (secondary N) is 3. The van der Waals surface area contributed by atoms with Gasteiger partial charge in [-0.2, -0.15) is 20.4 Å². The topological polar surface area (TPSA) is 322 Å². The Morgan fingerprint density at radius 1 is 0.544 bits per heavy atom. The molecule has 580 valence electrons. The number of aromatic amines is 2. The molecule has 12 heterocycles. The highest BCUT2D eigenvalue weighted by molar-refractivity contribution is 9.10. The first kappa shape index (κ1) is 74.4. The molecule has 20 rings (SSSR count). The van der Waals surface area contributed by atoms with Gasteiger partial charge in [-0.1, -0.05) is 56.0 Å². The monoisotopic (exact) mass is 1690 g/mol. The molecule has 0 radical (unpaired) electrons. The van der Waals surface area contributed by atoms with Crippen LogP contribution in [-0.2, 0) is 51.1 Å². The van der Waals surface area contributed by atoms with Crippen LogP contribution in [0.15, 0.2) is 184 Å². The van der Waals surface area contributed by atoms with E-state index in [1.807, 2.05) is 104 Å². The summed E-state index contributed by atoms with van der Waals surface area (Å²) >= 11 is 6.98. The molecule has 0 bridgehead atoms. The van der Waals surface area contributed by atoms with E-state index in [1.54, 1.807) is 137 Å². The molecule has 4 N–H and O–H groups in total. The summed E-state index contributed by atoms with van der Waals surface area (Å²) in [6, 6.07) is 33.4. The SMILES string of the molecule is C[C@H]1C[C@]1(c1noc(=O)[nH]1)n1c(C(=O)O)cc2cc(Br)ccc21.Cc1cc(-n2nc3c(c2-n2ccn(-c4ccc5c(cnn5C)c4)c2=O)CN(C(=O)c2cc4cc(Br)ccc4n2[C@@]2(c4noc(=O)[nH]4)C[C@@H]2C)CC3)cc(C)c1F.Cc1cc(-n2nc3c(c2-n2ccn(-c4ccc5c(cnn5C)c4)c2=O)CNCC3)cc(C)c1F.Cl. The largest absolute Gasteiger partial charge is 0.477 e. The Bertz CT molecular complexity index is 6880. The summed E-state index contributed by atoms with van der Waals surface area (Å²) in [4.78, 5) is 85.4. The van der Waals surface area contributed by atoms with Crippen molar-refractivity contribution in [3.05, 3.63) is 277 Å². The van der Waals surface area contributed by atoms with Gasteiger partial charge in [0.25, 0.3) is 5.91 Å². The molecule has 0 saturated heterocycles. The Labute approximate surface area is 666 Å². The van der Waals surface area contributed by atoms with E-state index in [-0.39, 0.29) is 65.4 Å². The fourth-order valence-corrected chi connectivity index (χ4v) is 17.4. The molecule has 0 unspecified atom stereocenters. The van der Waals surface area contributed by atoms with Gasteiger partial charge in [0.15, 0.2) is 11.6 Å². The van der Waals surface area contributed by atoms with Gasteiger partial charge in [0.1, 0.15) is 45.7 Å². The van der Waals surface area contributed by atoms with Gasteiger partial charge < -0.3 is 24.5 Å². The van der Waals surface area contributed by atoms with Crippen LogP contribution < -0.4 is 28.2 Å². The van der Waals surface area contributed by atoms with Gasteiger partial charge in [-0.3, -0.25) is 51.4 Å². The highest BCUT2D eigenvalue weighted by Crippen LogP contribution is 2.57. The molecule has 4 atom stereocenters. The first-order valence-electron chi connectivity index (χ1n) is 36.5. The lowest BCUT2D eigenvalue weighted by Crippen LogP contribution is -2.39. The zero-order chi connectivity index (χ0) is 78.7. The Balaban J connectivity index is 0.000000137. The maximum atomic E-state index is 14.9. The van der Waals surface area contributed by atoms with E-state index >= 15 is 0 Å². The number of H-pyrrole nitrogens is 2. The molecule has 4 aliphatic rings. The van der Waals surface area contributed by atoms with Gasteiger partial charge in [-0.05, 0) is 184 Å². The van der Waals surface area contributed by atoms with Crippen LogP contribution in [0.3, 0.4) is 0 Å². The summed E-state index contributed by atoms with van der Waals surface area (Å²) in [5.41, 5.74) is 10.2. The first-order chi connectivity index (χ1) is 54.3. The summed E-state index contributed by atoms with van der Waals surface area (Å²) in [5, 5.41) is 42.9. The predicted molar refractivity (Wildman–Crippen MR) is 428 cm³/mol. The molecular formula is C80H71Br2ClF2N20O9. The second-order valence-electron chi connectivity index (χ2n) is 29.6. The number of fused-ring (bicyclic) bond motifs is 6. The Morgan fingerprint density at radius 2 is 0.974 bits per heavy atom. The lowest BCUT2D eigenvalue weighted by Gasteiger charge is -2.29. The van der Waals surface area contributed by atoms with Crippen LogP contribution in [0.4, 0.5) is 8.78 Å². The van der Waals surface area contributed by atoms with Crippen molar-refractivity contribution in [2.45, 2.75) is 91.4 Å². The van der Waals surface area contributed by atoms with E-state index in [0.29, 0.717) is 101 Å². The van der Waals surface area contributed by atoms with Crippen LogP contribution in [0.2, 0.25) is 0 Å². The number of halogens is 5. The number of aromatic nitrogens is 18. The second kappa shape index (κ2) is 27.8. The number of hydrogen-bond acceptors (Lipinski definition) is 15. The summed E-state index contributed by atoms with van der Waals surface area (Å²) < 4.78 is 57.7. The summed E-state index contributed by atoms with van der Waals surface area (Å²) in [6.45, 7) is 12.9. The third kappa shape index (κ3) is 12.1. The first-order valence-corrected chi connectivity index (χ1v) is 38.1. The van der Waals surface area contributed by atoms with Gasteiger partial charge in [0, 0.05) is 124 Å². The average Bonchev–Trinajstić information content (AvgIpc) is 1.53. The minimum Gasteiger partial charge on any atom is -0.477 e. The van der Waals surface area contributed by atoms with Crippen molar-refractivity contribution in [3.63, 3.8) is 0 Å². The normalized spacial score (nSPS) is 17.6. The van der Waals surface area contributed by atoms with E-state index in [1.165, 1.54) is 4.57 Å². The number of aromatic carboxylic acids is 1. The Hall–Kier alpha value is -12.3. The van der Waals surface area contributed by atoms with Gasteiger partial charge in [0.05, 0.1) is 64.1 Å². The molecule has 16 aromatic rings. The fraction of sp³-hybridized carbons (Fsp3) is 0.250. The van der Waals surface area contributed by atoms with Gasteiger partial charge in [-0.15, -0.1) is 12.4 Å². The lowest BCUT2D eigenvalue weighted by atomic mass is 10.1. The summed E-state index contributed by atoms with van der Waals surface area (Å²) in [5.74, 6) is -1.05. The van der Waals surface area contributed by atoms with Crippen molar-refractivity contribution < 1.29 is 32.5 Å². The predicted octanol–water partition coefficient (Wildman–Crippen LogP) is 11.9. The van der Waals surface area contributed by atoms with Crippen molar-refractivity contribution in [2.75, 3.05) is 13.1 Å². The third-order valence-corrected chi connectivity index (χ3v) is 23.5. The van der Waals surface area contributed by atoms with E-state index in [4.69, 9.17) is 14.7 Å². The molecule has 10 aromatic heterocycles. The van der Waals surface area contributed by atoms with Gasteiger partial charge in [-0.25, -0.2) is 42.1 Å². The van der Waals surface area contributed by atoms with Crippen LogP contribution in [0.25, 0.3) is 78.0 Å². The number of amides is 1. The zero-order valence-electron chi connectivity index (χ0n) is 62.4. The minimum atomic E-state index is -1.03. The number of carboxylic acids is 1. The van der Waals surface area contributed by atoms with Gasteiger partial charge in [0.2, 0.25) is 0 Å². The molecule has 2 fully saturated rings. The molecule has 114 heavy (non-hydrogen) atoms. The van der Waals surface area contributed by atoms with Crippen LogP contribution in [0, 0.1) is 51.2 Å². The van der Waals surface area contributed by atoms with E-state index in [2.05, 4.69) is 79.1 Å². The maximum absolute atomic E-state index is 14.9. The minimum absolute atomic E-state index is 0. The molecule has 2 aliphatic heterocycles. The number of carbonyl (C=O) groups is 2. The molecule has 34 heteroatoms. The number of rotatable bonds is 12. The number of benzene rings is 6. The van der Waals surface area contributed by atoms with Crippen LogP contribution >= 0.6 is 44.3 Å². The quantitative estimate of drug-likeness (QED) is 0.0883. The molecule has 1 amide bonds. The molecule has 0 spiro atoms. The number of carboxylic acid groups (broad SMARTS) is 1. The van der Waals surface area contributed by atoms with Crippen LogP contribution in [-0.4, -0.2) is 122 Å². The summed E-state index contributed by atoms with van der Waals surface area (Å²) in [7, 11) is 3.76. The standard InChI is InChI=1S/C40H34BrFN10O4.C25H24FN7O.C15H12BrN3O4.ClH/c1-21-13-28(14-22(2)34(21)42)52-35(50-12-11-49(39(50)55)27-6-8-31-25(16-27)19-43-47(31)4)29-20-48(10-9-30(29)45-52)36(53)33-17-24-15-26(41)5-7-32(24)51(33)40(18-23(40)3)37-44-38(54)56-46-37;1-15-10-19(11-16(2)23(15)26)33-24(20-14-27-7-6-21(20)29-33)32-9-8-31(25(32)34)18-4-5-22-17(12-18)13-28-30(22)3;1-7-6-15(7,13-17-14(22)23-18-13)19-10-3-2-9(16)4-8(10)5-11(19)12(20)21;/h5-8,11-17,19,23H,9-10,18,20H2,1-4H3,(H,44,46,54);4-5,8-13,27H,6-7,14H2,1-3H3;2-5,7H,6H2,1H3,(H,20,21)(H,17,18,22);1H/t23-,40-;;7-,15-;/m0.0./s1. The second-order valence-corrected chi connectivity index (χ2v) is 31.4. The number of carbonyl (C=O) groups excluding carboxylic acids is 1. The van der Waals surface area contributed by atoms with Crippen LogP contribution in [0.5, 0.6) is 0 Å². The molecule has 6 aromatic carbocycles. The number of imidazole rings is 2. The van der Waals surface area contributed by atoms with Crippen molar-refractivity contribution >= 4 is 99.8 Å².